The number of hydrogen-bond donors (Lipinski definition) is 1. The highest BCUT2D eigenvalue weighted by atomic mass is 32.2. The summed E-state index contributed by atoms with van der Waals surface area (Å²) in [4.78, 5) is 0. The van der Waals surface area contributed by atoms with Crippen molar-refractivity contribution in [3.63, 3.8) is 0 Å². The Balaban J connectivity index is 2.39. The van der Waals surface area contributed by atoms with Gasteiger partial charge in [-0.1, -0.05) is 13.8 Å². The van der Waals surface area contributed by atoms with Gasteiger partial charge in [0.2, 0.25) is 0 Å². The highest BCUT2D eigenvalue weighted by Crippen LogP contribution is 2.29. The van der Waals surface area contributed by atoms with Crippen molar-refractivity contribution < 1.29 is 4.42 Å². The van der Waals surface area contributed by atoms with Gasteiger partial charge in [0.25, 0.3) is 0 Å². The molecule has 0 aliphatic carbocycles. The van der Waals surface area contributed by atoms with E-state index in [9.17, 15) is 0 Å². The van der Waals surface area contributed by atoms with Crippen LogP contribution in [0.4, 0.5) is 0 Å². The number of hydrogen-bond acceptors (Lipinski definition) is 3. The highest BCUT2D eigenvalue weighted by molar-refractivity contribution is 8.00. The number of rotatable bonds is 7. The lowest BCUT2D eigenvalue weighted by molar-refractivity contribution is 0.437. The first-order chi connectivity index (χ1) is 7.65. The SMILES string of the molecule is CCC(CC)(CNCc1ccc(C)o1)SC. The third-order valence-electron chi connectivity index (χ3n) is 3.26. The smallest absolute Gasteiger partial charge is 0.117 e. The molecular formula is C13H23NOS. The maximum Gasteiger partial charge on any atom is 0.117 e. The molecule has 0 amide bonds. The Morgan fingerprint density at radius 3 is 2.44 bits per heavy atom. The number of thioether (sulfide) groups is 1. The van der Waals surface area contributed by atoms with E-state index in [-0.39, 0.29) is 0 Å². The molecule has 2 nitrogen and oxygen atoms in total. The lowest BCUT2D eigenvalue weighted by Crippen LogP contribution is -2.36. The lowest BCUT2D eigenvalue weighted by atomic mass is 10.0. The summed E-state index contributed by atoms with van der Waals surface area (Å²) in [6.45, 7) is 8.38. The molecule has 0 saturated carbocycles. The number of furan rings is 1. The molecule has 0 aromatic carbocycles. The van der Waals surface area contributed by atoms with Crippen LogP contribution in [0.3, 0.4) is 0 Å². The zero-order valence-electron chi connectivity index (χ0n) is 10.8. The van der Waals surface area contributed by atoms with E-state index < -0.39 is 0 Å². The van der Waals surface area contributed by atoms with E-state index in [1.165, 1.54) is 12.8 Å². The monoisotopic (exact) mass is 241 g/mol. The van der Waals surface area contributed by atoms with Crippen LogP contribution in [0.1, 0.15) is 38.2 Å². The molecule has 0 spiro atoms. The molecular weight excluding hydrogens is 218 g/mol. The molecule has 1 aromatic rings. The van der Waals surface area contributed by atoms with E-state index in [4.69, 9.17) is 4.42 Å². The van der Waals surface area contributed by atoms with Crippen molar-refractivity contribution >= 4 is 11.8 Å². The normalized spacial score (nSPS) is 12.0. The lowest BCUT2D eigenvalue weighted by Gasteiger charge is -2.29. The van der Waals surface area contributed by atoms with Crippen LogP contribution in [0.2, 0.25) is 0 Å². The van der Waals surface area contributed by atoms with E-state index in [2.05, 4.69) is 25.4 Å². The van der Waals surface area contributed by atoms with Gasteiger partial charge in [0.1, 0.15) is 11.5 Å². The molecule has 0 fully saturated rings. The second kappa shape index (κ2) is 6.36. The Labute approximate surface area is 103 Å². The second-order valence-corrected chi connectivity index (χ2v) is 5.48. The van der Waals surface area contributed by atoms with Crippen molar-refractivity contribution in [2.75, 3.05) is 12.8 Å². The van der Waals surface area contributed by atoms with Gasteiger partial charge in [-0.2, -0.15) is 11.8 Å². The van der Waals surface area contributed by atoms with Crippen molar-refractivity contribution in [1.29, 1.82) is 0 Å². The maximum absolute atomic E-state index is 5.53. The van der Waals surface area contributed by atoms with Gasteiger partial charge in [0.05, 0.1) is 6.54 Å². The van der Waals surface area contributed by atoms with Crippen molar-refractivity contribution in [3.05, 3.63) is 23.7 Å². The molecule has 0 unspecified atom stereocenters. The van der Waals surface area contributed by atoms with E-state index in [0.717, 1.165) is 24.6 Å². The minimum absolute atomic E-state index is 0.377. The fraction of sp³-hybridized carbons (Fsp3) is 0.692. The van der Waals surface area contributed by atoms with Crippen molar-refractivity contribution in [1.82, 2.24) is 5.32 Å². The first-order valence-corrected chi connectivity index (χ1v) is 7.19. The van der Waals surface area contributed by atoms with Crippen molar-refractivity contribution in [2.24, 2.45) is 0 Å². The Kier molecular flexibility index (Phi) is 5.42. The van der Waals surface area contributed by atoms with E-state index in [1.54, 1.807) is 0 Å². The van der Waals surface area contributed by atoms with Crippen LogP contribution in [0.5, 0.6) is 0 Å². The summed E-state index contributed by atoms with van der Waals surface area (Å²) < 4.78 is 5.91. The first kappa shape index (κ1) is 13.7. The minimum atomic E-state index is 0.377. The molecule has 1 N–H and O–H groups in total. The Morgan fingerprint density at radius 2 is 2.00 bits per heavy atom. The van der Waals surface area contributed by atoms with Crippen LogP contribution in [0.25, 0.3) is 0 Å². The predicted octanol–water partition coefficient (Wildman–Crippen LogP) is 3.60. The quantitative estimate of drug-likeness (QED) is 0.789. The third-order valence-corrected chi connectivity index (χ3v) is 4.85. The van der Waals surface area contributed by atoms with Crippen LogP contribution < -0.4 is 5.32 Å². The van der Waals surface area contributed by atoms with Gasteiger partial charge in [-0.25, -0.2) is 0 Å². The molecule has 0 aliphatic heterocycles. The topological polar surface area (TPSA) is 25.2 Å². The predicted molar refractivity (Wildman–Crippen MR) is 72.0 cm³/mol. The third kappa shape index (κ3) is 3.56. The zero-order chi connectivity index (χ0) is 12.0. The zero-order valence-corrected chi connectivity index (χ0v) is 11.6. The maximum atomic E-state index is 5.53. The average molecular weight is 241 g/mol. The van der Waals surface area contributed by atoms with E-state index in [1.807, 2.05) is 30.8 Å². The van der Waals surface area contributed by atoms with Gasteiger partial charge in [0.15, 0.2) is 0 Å². The summed E-state index contributed by atoms with van der Waals surface area (Å²) >= 11 is 1.96. The molecule has 92 valence electrons. The van der Waals surface area contributed by atoms with Crippen LogP contribution in [0.15, 0.2) is 16.5 Å². The van der Waals surface area contributed by atoms with Gasteiger partial charge < -0.3 is 9.73 Å². The average Bonchev–Trinajstić information content (AvgIpc) is 2.71. The highest BCUT2D eigenvalue weighted by Gasteiger charge is 2.24. The van der Waals surface area contributed by atoms with Gasteiger partial charge >= 0.3 is 0 Å². The molecule has 0 aliphatic rings. The summed E-state index contributed by atoms with van der Waals surface area (Å²) in [5.74, 6) is 2.01. The standard InChI is InChI=1S/C13H23NOS/c1-5-13(6-2,16-4)10-14-9-12-8-7-11(3)15-12/h7-8,14H,5-6,9-10H2,1-4H3. The minimum Gasteiger partial charge on any atom is -0.465 e. The fourth-order valence-electron chi connectivity index (χ4n) is 1.85. The van der Waals surface area contributed by atoms with Crippen molar-refractivity contribution in [3.8, 4) is 0 Å². The summed E-state index contributed by atoms with van der Waals surface area (Å²) in [7, 11) is 0. The van der Waals surface area contributed by atoms with Gasteiger partial charge in [-0.15, -0.1) is 0 Å². The Bertz CT molecular complexity index is 296. The molecule has 0 atom stereocenters. The van der Waals surface area contributed by atoms with Crippen LogP contribution in [-0.2, 0) is 6.54 Å². The Hall–Kier alpha value is -0.410. The fourth-order valence-corrected chi connectivity index (χ4v) is 2.68. The van der Waals surface area contributed by atoms with Gasteiger partial charge in [-0.3, -0.25) is 0 Å². The van der Waals surface area contributed by atoms with E-state index >= 15 is 0 Å². The molecule has 0 radical (unpaired) electrons. The molecule has 1 rings (SSSR count). The van der Waals surface area contributed by atoms with Crippen LogP contribution >= 0.6 is 11.8 Å². The van der Waals surface area contributed by atoms with Crippen LogP contribution in [-0.4, -0.2) is 17.5 Å². The van der Waals surface area contributed by atoms with Gasteiger partial charge in [-0.05, 0) is 38.2 Å². The molecule has 3 heteroatoms. The molecule has 0 bridgehead atoms. The summed E-state index contributed by atoms with van der Waals surface area (Å²) in [5.41, 5.74) is 0. The molecule has 0 saturated heterocycles. The first-order valence-electron chi connectivity index (χ1n) is 5.97. The summed E-state index contributed by atoms with van der Waals surface area (Å²) in [5, 5.41) is 3.49. The molecule has 1 heterocycles. The Morgan fingerprint density at radius 1 is 1.31 bits per heavy atom. The van der Waals surface area contributed by atoms with Gasteiger partial charge in [0, 0.05) is 11.3 Å². The number of nitrogens with one attached hydrogen (secondary N) is 1. The summed E-state index contributed by atoms with van der Waals surface area (Å²) in [6.07, 6.45) is 4.61. The largest absolute Gasteiger partial charge is 0.465 e. The van der Waals surface area contributed by atoms with E-state index in [0.29, 0.717) is 4.75 Å². The molecule has 1 aromatic heterocycles. The van der Waals surface area contributed by atoms with Crippen molar-refractivity contribution in [2.45, 2.75) is 44.9 Å². The summed E-state index contributed by atoms with van der Waals surface area (Å²) in [6, 6.07) is 4.06. The van der Waals surface area contributed by atoms with Crippen LogP contribution in [0, 0.1) is 6.92 Å². The number of aryl methyl sites for hydroxylation is 1. The second-order valence-electron chi connectivity index (χ2n) is 4.21. The molecule has 16 heavy (non-hydrogen) atoms.